The minimum Gasteiger partial charge on any atom is -0.481 e. The van der Waals surface area contributed by atoms with E-state index in [9.17, 15) is 14.4 Å². The molecule has 22 heavy (non-hydrogen) atoms. The van der Waals surface area contributed by atoms with Gasteiger partial charge in [-0.15, -0.1) is 0 Å². The van der Waals surface area contributed by atoms with Crippen molar-refractivity contribution in [2.24, 2.45) is 5.92 Å². The Morgan fingerprint density at radius 1 is 1.23 bits per heavy atom. The number of aryl methyl sites for hydroxylation is 2. The second kappa shape index (κ2) is 5.94. The number of pyridine rings is 1. The Kier molecular flexibility index (Phi) is 4.00. The highest BCUT2D eigenvalue weighted by Crippen LogP contribution is 2.21. The number of H-pyrrole nitrogens is 1. The van der Waals surface area contributed by atoms with Gasteiger partial charge in [0.05, 0.1) is 5.92 Å². The highest BCUT2D eigenvalue weighted by atomic mass is 16.4. The number of hydrogen-bond acceptors (Lipinski definition) is 3. The quantitative estimate of drug-likeness (QED) is 0.858. The smallest absolute Gasteiger partial charge is 0.308 e. The number of aliphatic carboxylic acids is 1. The van der Waals surface area contributed by atoms with E-state index >= 15 is 0 Å². The summed E-state index contributed by atoms with van der Waals surface area (Å²) in [6.45, 7) is 0.698. The monoisotopic (exact) mass is 304 g/mol. The molecule has 1 aliphatic heterocycles. The van der Waals surface area contributed by atoms with Crippen molar-refractivity contribution < 1.29 is 14.7 Å². The van der Waals surface area contributed by atoms with Gasteiger partial charge in [-0.25, -0.2) is 0 Å². The molecule has 0 spiro atoms. The van der Waals surface area contributed by atoms with Gasteiger partial charge in [0.1, 0.15) is 5.56 Å². The molecule has 1 unspecified atom stereocenters. The lowest BCUT2D eigenvalue weighted by molar-refractivity contribution is -0.143. The summed E-state index contributed by atoms with van der Waals surface area (Å²) < 4.78 is 0. The fraction of sp³-hybridized carbons (Fsp3) is 0.562. The summed E-state index contributed by atoms with van der Waals surface area (Å²) in [5.41, 5.74) is 1.77. The normalized spacial score (nSPS) is 21.3. The number of carbonyl (C=O) groups excluding carboxylic acids is 1. The molecule has 2 N–H and O–H groups in total. The average molecular weight is 304 g/mol. The van der Waals surface area contributed by atoms with Gasteiger partial charge < -0.3 is 15.0 Å². The van der Waals surface area contributed by atoms with E-state index in [2.05, 4.69) is 4.98 Å². The van der Waals surface area contributed by atoms with Crippen LogP contribution in [0.4, 0.5) is 0 Å². The molecule has 118 valence electrons. The van der Waals surface area contributed by atoms with Crippen molar-refractivity contribution in [3.8, 4) is 0 Å². The van der Waals surface area contributed by atoms with Crippen LogP contribution in [0.2, 0.25) is 0 Å². The van der Waals surface area contributed by atoms with E-state index in [1.807, 2.05) is 0 Å². The van der Waals surface area contributed by atoms with E-state index in [1.54, 1.807) is 6.07 Å². The zero-order valence-electron chi connectivity index (χ0n) is 12.4. The Morgan fingerprint density at radius 2 is 2.00 bits per heavy atom. The molecule has 1 aromatic heterocycles. The van der Waals surface area contributed by atoms with Crippen LogP contribution in [0, 0.1) is 5.92 Å². The van der Waals surface area contributed by atoms with E-state index in [1.165, 1.54) is 4.90 Å². The van der Waals surface area contributed by atoms with E-state index in [4.69, 9.17) is 5.11 Å². The number of aromatic nitrogens is 1. The number of likely N-dealkylation sites (tertiary alicyclic amines) is 1. The van der Waals surface area contributed by atoms with E-state index in [0.717, 1.165) is 36.9 Å². The number of nitrogens with one attached hydrogen (secondary N) is 1. The van der Waals surface area contributed by atoms with Crippen LogP contribution in [0.1, 0.15) is 47.3 Å². The van der Waals surface area contributed by atoms with Crippen molar-refractivity contribution in [1.29, 1.82) is 0 Å². The van der Waals surface area contributed by atoms with E-state index < -0.39 is 11.9 Å². The number of rotatable bonds is 2. The first-order chi connectivity index (χ1) is 10.6. The van der Waals surface area contributed by atoms with Gasteiger partial charge in [0.15, 0.2) is 0 Å². The lowest BCUT2D eigenvalue weighted by atomic mass is 9.94. The molecule has 0 saturated carbocycles. The Balaban J connectivity index is 1.85. The molecule has 1 aromatic rings. The third-order valence-electron chi connectivity index (χ3n) is 4.63. The Bertz CT molecular complexity index is 665. The minimum absolute atomic E-state index is 0.145. The van der Waals surface area contributed by atoms with Crippen molar-refractivity contribution in [1.82, 2.24) is 9.88 Å². The molecule has 0 radical (unpaired) electrons. The molecule has 6 heteroatoms. The summed E-state index contributed by atoms with van der Waals surface area (Å²) in [5.74, 6) is -1.76. The number of nitrogens with zero attached hydrogens (tertiary/aromatic N) is 1. The summed E-state index contributed by atoms with van der Waals surface area (Å²) in [4.78, 5) is 40.2. The molecule has 6 nitrogen and oxygen atoms in total. The summed E-state index contributed by atoms with van der Waals surface area (Å²) in [6.07, 6.45) is 5.10. The maximum atomic E-state index is 12.6. The molecule has 2 heterocycles. The zero-order chi connectivity index (χ0) is 15.7. The summed E-state index contributed by atoms with van der Waals surface area (Å²) in [7, 11) is 0. The van der Waals surface area contributed by atoms with Crippen molar-refractivity contribution in [3.63, 3.8) is 0 Å². The van der Waals surface area contributed by atoms with Crippen LogP contribution in [0.5, 0.6) is 0 Å². The highest BCUT2D eigenvalue weighted by molar-refractivity contribution is 5.94. The third kappa shape index (κ3) is 2.77. The average Bonchev–Trinajstić information content (AvgIpc) is 2.53. The number of carboxylic acid groups (broad SMARTS) is 1. The minimum atomic E-state index is -0.878. The van der Waals surface area contributed by atoms with Crippen molar-refractivity contribution in [2.45, 2.75) is 38.5 Å². The molecule has 0 bridgehead atoms. The molecule has 0 aromatic carbocycles. The van der Waals surface area contributed by atoms with Crippen LogP contribution in [0.3, 0.4) is 0 Å². The van der Waals surface area contributed by atoms with Crippen molar-refractivity contribution >= 4 is 11.9 Å². The number of piperidine rings is 1. The fourth-order valence-electron chi connectivity index (χ4n) is 3.37. The second-order valence-electron chi connectivity index (χ2n) is 6.15. The highest BCUT2D eigenvalue weighted by Gasteiger charge is 2.30. The van der Waals surface area contributed by atoms with Gasteiger partial charge in [-0.2, -0.15) is 0 Å². The Labute approximate surface area is 128 Å². The van der Waals surface area contributed by atoms with Gasteiger partial charge in [0, 0.05) is 18.8 Å². The Hall–Kier alpha value is -2.11. The number of aromatic amines is 1. The van der Waals surface area contributed by atoms with Crippen LogP contribution in [-0.4, -0.2) is 40.0 Å². The number of carboxylic acids is 1. The van der Waals surface area contributed by atoms with Gasteiger partial charge in [-0.1, -0.05) is 0 Å². The first-order valence-electron chi connectivity index (χ1n) is 7.83. The lowest BCUT2D eigenvalue weighted by Crippen LogP contribution is -2.44. The molecule has 1 saturated heterocycles. The second-order valence-corrected chi connectivity index (χ2v) is 6.15. The van der Waals surface area contributed by atoms with Crippen molar-refractivity contribution in [2.75, 3.05) is 13.1 Å². The third-order valence-corrected chi connectivity index (χ3v) is 4.63. The first-order valence-corrected chi connectivity index (χ1v) is 7.83. The summed E-state index contributed by atoms with van der Waals surface area (Å²) >= 11 is 0. The van der Waals surface area contributed by atoms with Crippen LogP contribution in [0.15, 0.2) is 10.9 Å². The first kappa shape index (κ1) is 14.8. The van der Waals surface area contributed by atoms with E-state index in [0.29, 0.717) is 19.4 Å². The molecule has 1 amide bonds. The van der Waals surface area contributed by atoms with Gasteiger partial charge in [-0.3, -0.25) is 14.4 Å². The maximum Gasteiger partial charge on any atom is 0.308 e. The lowest BCUT2D eigenvalue weighted by Gasteiger charge is -2.30. The van der Waals surface area contributed by atoms with Gasteiger partial charge in [0.2, 0.25) is 0 Å². The summed E-state index contributed by atoms with van der Waals surface area (Å²) in [6, 6.07) is 1.71. The number of carbonyl (C=O) groups is 2. The molecular formula is C16H20N2O4. The predicted octanol–water partition coefficient (Wildman–Crippen LogP) is 1.19. The molecule has 3 rings (SSSR count). The van der Waals surface area contributed by atoms with E-state index in [-0.39, 0.29) is 23.6 Å². The van der Waals surface area contributed by atoms with Crippen LogP contribution in [-0.2, 0) is 17.6 Å². The standard InChI is InChI=1S/C16H20N2O4/c19-14-12(8-10-4-1-2-6-13(10)17-14)15(20)18-7-3-5-11(9-18)16(21)22/h8,11H,1-7,9H2,(H,17,19)(H,21,22). The van der Waals surface area contributed by atoms with Crippen molar-refractivity contribution in [3.05, 3.63) is 33.2 Å². The van der Waals surface area contributed by atoms with Gasteiger partial charge in [0.25, 0.3) is 11.5 Å². The fourth-order valence-corrected chi connectivity index (χ4v) is 3.37. The number of fused-ring (bicyclic) bond motifs is 1. The van der Waals surface area contributed by atoms with Gasteiger partial charge in [-0.05, 0) is 50.2 Å². The zero-order valence-corrected chi connectivity index (χ0v) is 12.4. The SMILES string of the molecule is O=C(O)C1CCCN(C(=O)c2cc3c([nH]c2=O)CCCC3)C1. The predicted molar refractivity (Wildman–Crippen MR) is 80.0 cm³/mol. The topological polar surface area (TPSA) is 90.5 Å². The molecule has 1 aliphatic carbocycles. The molecule has 1 fully saturated rings. The number of amides is 1. The van der Waals surface area contributed by atoms with Crippen LogP contribution < -0.4 is 5.56 Å². The maximum absolute atomic E-state index is 12.6. The molecule has 2 aliphatic rings. The summed E-state index contributed by atoms with van der Waals surface area (Å²) in [5, 5.41) is 9.12. The van der Waals surface area contributed by atoms with Gasteiger partial charge >= 0.3 is 5.97 Å². The largest absolute Gasteiger partial charge is 0.481 e. The Morgan fingerprint density at radius 3 is 2.77 bits per heavy atom. The molecular weight excluding hydrogens is 284 g/mol. The molecule has 1 atom stereocenters. The van der Waals surface area contributed by atoms with Crippen LogP contribution in [0.25, 0.3) is 0 Å². The van der Waals surface area contributed by atoms with Crippen LogP contribution >= 0.6 is 0 Å². The number of hydrogen-bond donors (Lipinski definition) is 2.